The van der Waals surface area contributed by atoms with Crippen LogP contribution in [-0.2, 0) is 10.8 Å². The molecular weight excluding hydrogens is 661 g/mol. The van der Waals surface area contributed by atoms with Gasteiger partial charge in [-0.2, -0.15) is 0 Å². The van der Waals surface area contributed by atoms with Crippen LogP contribution in [0.3, 0.4) is 0 Å². The van der Waals surface area contributed by atoms with Crippen molar-refractivity contribution in [2.24, 2.45) is 0 Å². The Balaban J connectivity index is 1.40. The molecule has 8 aromatic rings. The van der Waals surface area contributed by atoms with E-state index < -0.39 is 0 Å². The van der Waals surface area contributed by atoms with Crippen LogP contribution in [0.1, 0.15) is 52.7 Å². The summed E-state index contributed by atoms with van der Waals surface area (Å²) >= 11 is 0. The molecule has 5 aromatic carbocycles. The molecule has 0 saturated heterocycles. The molecule has 0 atom stereocenters. The summed E-state index contributed by atoms with van der Waals surface area (Å²) < 4.78 is 2.13. The third kappa shape index (κ3) is 6.58. The number of aromatic nitrogens is 4. The highest BCUT2D eigenvalue weighted by atomic mass is 16.3. The second-order valence-corrected chi connectivity index (χ2v) is 16.0. The summed E-state index contributed by atoms with van der Waals surface area (Å²) in [5, 5.41) is 12.1. The number of hydrogen-bond acceptors (Lipinski definition) is 4. The zero-order valence-electron chi connectivity index (χ0n) is 31.7. The SMILES string of the molecule is CC(C)(C)c1cc(-c2nc3c(-c4cc(-c5ccccc5)cc(-c5cc(-c6ccccc6)ccn5)c4)cncc3n2-c2ccccc2)c(O)c(C(C)(C)C)c1. The van der Waals surface area contributed by atoms with Gasteiger partial charge >= 0.3 is 0 Å². The van der Waals surface area contributed by atoms with Gasteiger partial charge in [-0.1, -0.05) is 126 Å². The zero-order chi connectivity index (χ0) is 37.6. The Morgan fingerprint density at radius 3 is 1.80 bits per heavy atom. The largest absolute Gasteiger partial charge is 0.507 e. The lowest BCUT2D eigenvalue weighted by Crippen LogP contribution is -2.17. The van der Waals surface area contributed by atoms with Crippen molar-refractivity contribution in [1.29, 1.82) is 0 Å². The molecule has 3 heterocycles. The first-order chi connectivity index (χ1) is 26.0. The van der Waals surface area contributed by atoms with Gasteiger partial charge in [0.25, 0.3) is 0 Å². The fraction of sp³-hybridized carbons (Fsp3) is 0.163. The van der Waals surface area contributed by atoms with Gasteiger partial charge in [-0.3, -0.25) is 14.5 Å². The number of hydrogen-bond donors (Lipinski definition) is 1. The van der Waals surface area contributed by atoms with Crippen molar-refractivity contribution in [3.63, 3.8) is 0 Å². The number of rotatable bonds is 6. The maximum atomic E-state index is 12.1. The van der Waals surface area contributed by atoms with Gasteiger partial charge < -0.3 is 5.11 Å². The van der Waals surface area contributed by atoms with Crippen molar-refractivity contribution in [2.45, 2.75) is 52.4 Å². The van der Waals surface area contributed by atoms with Gasteiger partial charge in [0.1, 0.15) is 17.1 Å². The molecule has 0 spiro atoms. The molecule has 0 fully saturated rings. The molecule has 0 aliphatic rings. The highest BCUT2D eigenvalue weighted by Crippen LogP contribution is 2.44. The van der Waals surface area contributed by atoms with Gasteiger partial charge in [-0.25, -0.2) is 4.98 Å². The van der Waals surface area contributed by atoms with Crippen LogP contribution >= 0.6 is 0 Å². The fourth-order valence-electron chi connectivity index (χ4n) is 7.16. The van der Waals surface area contributed by atoms with E-state index in [-0.39, 0.29) is 16.6 Å². The lowest BCUT2D eigenvalue weighted by molar-refractivity contribution is 0.446. The maximum absolute atomic E-state index is 12.1. The molecule has 8 rings (SSSR count). The molecule has 0 unspecified atom stereocenters. The van der Waals surface area contributed by atoms with Gasteiger partial charge in [0.15, 0.2) is 0 Å². The second-order valence-electron chi connectivity index (χ2n) is 16.0. The molecule has 5 heteroatoms. The lowest BCUT2D eigenvalue weighted by Gasteiger charge is -2.27. The maximum Gasteiger partial charge on any atom is 0.149 e. The molecule has 54 heavy (non-hydrogen) atoms. The first-order valence-electron chi connectivity index (χ1n) is 18.5. The van der Waals surface area contributed by atoms with Crippen LogP contribution in [0.4, 0.5) is 0 Å². The highest BCUT2D eigenvalue weighted by molar-refractivity contribution is 5.97. The molecule has 0 bridgehead atoms. The van der Waals surface area contributed by atoms with E-state index in [1.165, 1.54) is 0 Å². The lowest BCUT2D eigenvalue weighted by atomic mass is 9.79. The van der Waals surface area contributed by atoms with E-state index in [2.05, 4.69) is 149 Å². The van der Waals surface area contributed by atoms with E-state index in [1.54, 1.807) is 0 Å². The van der Waals surface area contributed by atoms with Gasteiger partial charge in [0.05, 0.1) is 23.0 Å². The van der Waals surface area contributed by atoms with E-state index in [1.807, 2.05) is 48.9 Å². The second kappa shape index (κ2) is 13.6. The predicted octanol–water partition coefficient (Wildman–Crippen LogP) is 12.5. The van der Waals surface area contributed by atoms with Gasteiger partial charge in [0, 0.05) is 34.8 Å². The number of phenolic OH excluding ortho intramolecular Hbond substituents is 1. The van der Waals surface area contributed by atoms with E-state index in [9.17, 15) is 5.11 Å². The van der Waals surface area contributed by atoms with E-state index in [0.717, 1.165) is 72.5 Å². The van der Waals surface area contributed by atoms with Crippen molar-refractivity contribution in [1.82, 2.24) is 19.5 Å². The van der Waals surface area contributed by atoms with Crippen LogP contribution in [0.25, 0.3) is 72.7 Å². The van der Waals surface area contributed by atoms with Crippen LogP contribution in [0.2, 0.25) is 0 Å². The molecule has 0 saturated carbocycles. The van der Waals surface area contributed by atoms with E-state index in [4.69, 9.17) is 15.0 Å². The molecular formula is C49H44N4O. The first-order valence-corrected chi connectivity index (χ1v) is 18.5. The molecule has 0 amide bonds. The molecule has 3 aromatic heterocycles. The number of benzene rings is 5. The standard InChI is InChI=1S/C49H44N4O/c1-48(2,3)38-28-40(46(54)42(29-38)49(4,5)6)47-52-45-41(30-50-31-44(45)53(47)39-20-14-9-15-21-39)36-24-35(33-18-12-8-13-19-33)25-37(26-36)43-27-34(22-23-51-43)32-16-10-7-11-17-32/h7-31,54H,1-6H3. The summed E-state index contributed by atoms with van der Waals surface area (Å²) in [5.74, 6) is 0.909. The quantitative estimate of drug-likeness (QED) is 0.187. The summed E-state index contributed by atoms with van der Waals surface area (Å²) in [6, 6.07) is 46.1. The van der Waals surface area contributed by atoms with E-state index in [0.29, 0.717) is 11.4 Å². The van der Waals surface area contributed by atoms with Gasteiger partial charge in [-0.05, 0) is 92.7 Å². The normalized spacial score (nSPS) is 12.0. The Morgan fingerprint density at radius 1 is 0.537 bits per heavy atom. The number of fused-ring (bicyclic) bond motifs is 1. The fourth-order valence-corrected chi connectivity index (χ4v) is 7.16. The summed E-state index contributed by atoms with van der Waals surface area (Å²) in [7, 11) is 0. The van der Waals surface area contributed by atoms with Crippen LogP contribution in [0.15, 0.2) is 152 Å². The minimum atomic E-state index is -0.295. The average molecular weight is 705 g/mol. The van der Waals surface area contributed by atoms with Crippen molar-refractivity contribution in [3.05, 3.63) is 163 Å². The first kappa shape index (κ1) is 34.7. The molecule has 266 valence electrons. The smallest absolute Gasteiger partial charge is 0.149 e. The monoisotopic (exact) mass is 704 g/mol. The minimum Gasteiger partial charge on any atom is -0.507 e. The van der Waals surface area contributed by atoms with Gasteiger partial charge in [0.2, 0.25) is 0 Å². The molecule has 0 aliphatic carbocycles. The molecule has 5 nitrogen and oxygen atoms in total. The summed E-state index contributed by atoms with van der Waals surface area (Å²) in [6.45, 7) is 13.0. The molecule has 0 aliphatic heterocycles. The number of pyridine rings is 2. The third-order valence-corrected chi connectivity index (χ3v) is 10.1. The number of imidazole rings is 1. The number of phenols is 1. The Hall–Kier alpha value is -6.33. The Bertz CT molecular complexity index is 2610. The predicted molar refractivity (Wildman–Crippen MR) is 223 cm³/mol. The van der Waals surface area contributed by atoms with Crippen LogP contribution in [-0.4, -0.2) is 24.6 Å². The molecule has 1 N–H and O–H groups in total. The topological polar surface area (TPSA) is 63.8 Å². The number of nitrogens with zero attached hydrogens (tertiary/aromatic N) is 4. The number of aromatic hydroxyl groups is 1. The minimum absolute atomic E-state index is 0.154. The van der Waals surface area contributed by atoms with Gasteiger partial charge in [-0.15, -0.1) is 0 Å². The third-order valence-electron chi connectivity index (χ3n) is 10.1. The van der Waals surface area contributed by atoms with Crippen molar-refractivity contribution >= 4 is 11.0 Å². The van der Waals surface area contributed by atoms with Crippen molar-refractivity contribution in [3.8, 4) is 67.5 Å². The average Bonchev–Trinajstić information content (AvgIpc) is 3.57. The Morgan fingerprint density at radius 2 is 1.15 bits per heavy atom. The summed E-state index contributed by atoms with van der Waals surface area (Å²) in [6.07, 6.45) is 5.67. The Labute approximate surface area is 317 Å². The summed E-state index contributed by atoms with van der Waals surface area (Å²) in [4.78, 5) is 15.2. The number of para-hydroxylation sites is 1. The van der Waals surface area contributed by atoms with Crippen molar-refractivity contribution in [2.75, 3.05) is 0 Å². The van der Waals surface area contributed by atoms with Crippen LogP contribution < -0.4 is 0 Å². The highest BCUT2D eigenvalue weighted by Gasteiger charge is 2.28. The van der Waals surface area contributed by atoms with E-state index >= 15 is 0 Å². The zero-order valence-corrected chi connectivity index (χ0v) is 31.7. The summed E-state index contributed by atoms with van der Waals surface area (Å²) in [5.41, 5.74) is 13.0. The van der Waals surface area contributed by atoms with Crippen LogP contribution in [0.5, 0.6) is 5.75 Å². The van der Waals surface area contributed by atoms with Crippen LogP contribution in [0, 0.1) is 0 Å². The van der Waals surface area contributed by atoms with Crippen molar-refractivity contribution < 1.29 is 5.11 Å². The molecule has 0 radical (unpaired) electrons. The Kier molecular flexibility index (Phi) is 8.74.